The molecule has 2 fully saturated rings. The smallest absolute Gasteiger partial charge is 0.184 e. The van der Waals surface area contributed by atoms with Crippen molar-refractivity contribution in [2.24, 2.45) is 16.7 Å². The van der Waals surface area contributed by atoms with Crippen molar-refractivity contribution in [3.05, 3.63) is 0 Å². The van der Waals surface area contributed by atoms with E-state index < -0.39 is 16.6 Å². The van der Waals surface area contributed by atoms with Gasteiger partial charge in [0.05, 0.1) is 11.7 Å². The maximum atomic E-state index is 6.78. The first kappa shape index (κ1) is 18.7. The van der Waals surface area contributed by atoms with E-state index in [-0.39, 0.29) is 11.0 Å². The van der Waals surface area contributed by atoms with E-state index in [0.29, 0.717) is 11.5 Å². The van der Waals surface area contributed by atoms with Crippen LogP contribution < -0.4 is 0 Å². The van der Waals surface area contributed by atoms with Gasteiger partial charge in [0.25, 0.3) is 0 Å². The zero-order valence-electron chi connectivity index (χ0n) is 16.6. The molecule has 0 aromatic rings. The van der Waals surface area contributed by atoms with Gasteiger partial charge in [0.1, 0.15) is 0 Å². The van der Waals surface area contributed by atoms with E-state index in [1.165, 1.54) is 19.3 Å². The van der Waals surface area contributed by atoms with Gasteiger partial charge < -0.3 is 8.85 Å². The highest BCUT2D eigenvalue weighted by atomic mass is 28.4. The van der Waals surface area contributed by atoms with Gasteiger partial charge in [0.2, 0.25) is 0 Å². The molecule has 0 unspecified atom stereocenters. The molecule has 2 aliphatic rings. The van der Waals surface area contributed by atoms with E-state index in [1.54, 1.807) is 0 Å². The van der Waals surface area contributed by atoms with Crippen LogP contribution in [0, 0.1) is 16.7 Å². The predicted octanol–water partition coefficient (Wildman–Crippen LogP) is 5.66. The third kappa shape index (κ3) is 2.89. The van der Waals surface area contributed by atoms with Gasteiger partial charge in [-0.3, -0.25) is 0 Å². The van der Waals surface area contributed by atoms with Crippen LogP contribution in [0.1, 0.15) is 47.0 Å². The molecule has 0 radical (unpaired) electrons. The standard InChI is InChI=1S/C18H38O2Si2/c1-16(2)14-11-12-18(16,15(13-14)19-21(5,6)7)17(3,4)20-22(8,9)10/h14-15H,11-13H2,1-10H3/t14-,15-,18-/m0/s1. The second kappa shape index (κ2) is 5.17. The van der Waals surface area contributed by atoms with E-state index in [2.05, 4.69) is 67.0 Å². The molecule has 0 heterocycles. The second-order valence-electron chi connectivity index (χ2n) is 10.6. The lowest BCUT2D eigenvalue weighted by Gasteiger charge is -2.55. The van der Waals surface area contributed by atoms with Crippen molar-refractivity contribution in [3.63, 3.8) is 0 Å². The van der Waals surface area contributed by atoms with Crippen LogP contribution in [0.15, 0.2) is 0 Å². The zero-order chi connectivity index (χ0) is 17.2. The van der Waals surface area contributed by atoms with Crippen LogP contribution in [-0.4, -0.2) is 28.3 Å². The molecule has 0 aromatic heterocycles. The van der Waals surface area contributed by atoms with Crippen LogP contribution in [0.5, 0.6) is 0 Å². The molecule has 2 saturated carbocycles. The van der Waals surface area contributed by atoms with E-state index in [4.69, 9.17) is 8.85 Å². The average Bonchev–Trinajstić information content (AvgIpc) is 2.57. The second-order valence-corrected chi connectivity index (χ2v) is 19.5. The van der Waals surface area contributed by atoms with Gasteiger partial charge in [-0.2, -0.15) is 0 Å². The van der Waals surface area contributed by atoms with E-state index in [1.807, 2.05) is 0 Å². The summed E-state index contributed by atoms with van der Waals surface area (Å²) in [7, 11) is -3.15. The molecule has 0 N–H and O–H groups in total. The van der Waals surface area contributed by atoms with Crippen LogP contribution in [-0.2, 0) is 8.85 Å². The highest BCUT2D eigenvalue weighted by Crippen LogP contribution is 2.71. The Morgan fingerprint density at radius 2 is 1.50 bits per heavy atom. The predicted molar refractivity (Wildman–Crippen MR) is 100 cm³/mol. The van der Waals surface area contributed by atoms with Gasteiger partial charge in [-0.25, -0.2) is 0 Å². The average molecular weight is 343 g/mol. The summed E-state index contributed by atoms with van der Waals surface area (Å²) in [4.78, 5) is 0. The Morgan fingerprint density at radius 3 is 1.91 bits per heavy atom. The summed E-state index contributed by atoms with van der Waals surface area (Å²) in [6.07, 6.45) is 4.21. The van der Waals surface area contributed by atoms with Crippen molar-refractivity contribution in [1.29, 1.82) is 0 Å². The van der Waals surface area contributed by atoms with Gasteiger partial charge in [0, 0.05) is 5.41 Å². The zero-order valence-corrected chi connectivity index (χ0v) is 18.6. The van der Waals surface area contributed by atoms with E-state index in [9.17, 15) is 0 Å². The fourth-order valence-corrected chi connectivity index (χ4v) is 8.66. The minimum absolute atomic E-state index is 0.115. The Bertz CT molecular complexity index is 431. The maximum absolute atomic E-state index is 6.78. The van der Waals surface area contributed by atoms with Gasteiger partial charge in [-0.1, -0.05) is 13.8 Å². The molecule has 0 aromatic carbocycles. The van der Waals surface area contributed by atoms with Crippen molar-refractivity contribution in [2.45, 2.75) is 97.9 Å². The molecule has 22 heavy (non-hydrogen) atoms. The molecule has 0 spiro atoms. The summed E-state index contributed by atoms with van der Waals surface area (Å²) in [5, 5.41) is 0. The van der Waals surface area contributed by atoms with Crippen LogP contribution in [0.25, 0.3) is 0 Å². The molecular weight excluding hydrogens is 304 g/mol. The van der Waals surface area contributed by atoms with E-state index in [0.717, 1.165) is 5.92 Å². The van der Waals surface area contributed by atoms with Crippen molar-refractivity contribution < 1.29 is 8.85 Å². The number of rotatable bonds is 5. The first-order valence-electron chi connectivity index (χ1n) is 9.00. The third-order valence-electron chi connectivity index (χ3n) is 6.24. The lowest BCUT2D eigenvalue weighted by Crippen LogP contribution is -2.60. The van der Waals surface area contributed by atoms with Gasteiger partial charge in [-0.15, -0.1) is 0 Å². The molecule has 2 aliphatic carbocycles. The van der Waals surface area contributed by atoms with Crippen LogP contribution >= 0.6 is 0 Å². The monoisotopic (exact) mass is 342 g/mol. The van der Waals surface area contributed by atoms with Crippen molar-refractivity contribution in [2.75, 3.05) is 0 Å². The van der Waals surface area contributed by atoms with Crippen molar-refractivity contribution >= 4 is 16.6 Å². The Kier molecular flexibility index (Phi) is 4.39. The minimum Gasteiger partial charge on any atom is -0.414 e. The van der Waals surface area contributed by atoms with Gasteiger partial charge in [0.15, 0.2) is 16.6 Å². The SMILES string of the molecule is CC(C)(O[Si](C)(C)C)[C@@]12CC[C@@H](C[C@@H]1O[Si](C)(C)C)C2(C)C. The molecule has 2 bridgehead atoms. The topological polar surface area (TPSA) is 18.5 Å². The molecule has 4 heteroatoms. The van der Waals surface area contributed by atoms with Crippen LogP contribution in [0.3, 0.4) is 0 Å². The first-order chi connectivity index (χ1) is 9.62. The lowest BCUT2D eigenvalue weighted by atomic mass is 9.59. The molecular formula is C18H38O2Si2. The molecule has 2 rings (SSSR count). The third-order valence-corrected chi connectivity index (χ3v) is 8.35. The summed E-state index contributed by atoms with van der Waals surface area (Å²) in [6.45, 7) is 23.6. The normalized spacial score (nSPS) is 35.2. The molecule has 3 atom stereocenters. The number of hydrogen-bond acceptors (Lipinski definition) is 2. The summed E-state index contributed by atoms with van der Waals surface area (Å²) in [5.74, 6) is 0.790. The summed E-state index contributed by atoms with van der Waals surface area (Å²) < 4.78 is 13.5. The Morgan fingerprint density at radius 1 is 0.955 bits per heavy atom. The van der Waals surface area contributed by atoms with Crippen molar-refractivity contribution in [1.82, 2.24) is 0 Å². The number of fused-ring (bicyclic) bond motifs is 2. The maximum Gasteiger partial charge on any atom is 0.184 e. The first-order valence-corrected chi connectivity index (χ1v) is 15.8. The largest absolute Gasteiger partial charge is 0.414 e. The van der Waals surface area contributed by atoms with E-state index >= 15 is 0 Å². The van der Waals surface area contributed by atoms with Crippen LogP contribution in [0.2, 0.25) is 39.3 Å². The highest BCUT2D eigenvalue weighted by Gasteiger charge is 2.71. The lowest BCUT2D eigenvalue weighted by molar-refractivity contribution is -0.134. The Balaban J connectivity index is 2.44. The minimum atomic E-state index is -1.60. The highest BCUT2D eigenvalue weighted by molar-refractivity contribution is 6.70. The van der Waals surface area contributed by atoms with Crippen LogP contribution in [0.4, 0.5) is 0 Å². The molecule has 2 nitrogen and oxygen atoms in total. The Hall–Kier alpha value is 0.354. The van der Waals surface area contributed by atoms with Crippen molar-refractivity contribution in [3.8, 4) is 0 Å². The fourth-order valence-electron chi connectivity index (χ4n) is 5.79. The Labute approximate surface area is 140 Å². The quantitative estimate of drug-likeness (QED) is 0.600. The summed E-state index contributed by atoms with van der Waals surface area (Å²) in [5.41, 5.74) is 0.349. The molecule has 130 valence electrons. The van der Waals surface area contributed by atoms with Gasteiger partial charge in [-0.05, 0) is 83.7 Å². The summed E-state index contributed by atoms with van der Waals surface area (Å²) in [6, 6.07) is 0. The molecule has 0 amide bonds. The molecule has 0 aliphatic heterocycles. The fraction of sp³-hybridized carbons (Fsp3) is 1.00. The van der Waals surface area contributed by atoms with Gasteiger partial charge >= 0.3 is 0 Å². The number of hydrogen-bond donors (Lipinski definition) is 0. The molecule has 0 saturated heterocycles. The summed E-state index contributed by atoms with van der Waals surface area (Å²) >= 11 is 0.